The number of nitriles is 1. The highest BCUT2D eigenvalue weighted by molar-refractivity contribution is 6.18. The standard InChI is InChI=1S/C23H29N3O2/c1-6-8-19-20(22(27)26(16(3)4)23(28)21(19)15-24)10-9-18-11-13-25(14-12-18)17(5)7-2/h9-14,16-17H,6-8H2,1-5H3/b20-10-. The Morgan fingerprint density at radius 3 is 2.21 bits per heavy atom. The highest BCUT2D eigenvalue weighted by atomic mass is 16.2. The second kappa shape index (κ2) is 9.36. The normalized spacial score (nSPS) is 19.8. The van der Waals surface area contributed by atoms with Gasteiger partial charge in [-0.15, -0.1) is 0 Å². The van der Waals surface area contributed by atoms with Crippen molar-refractivity contribution >= 4 is 11.8 Å². The molecule has 2 aliphatic rings. The van der Waals surface area contributed by atoms with E-state index in [4.69, 9.17) is 0 Å². The Morgan fingerprint density at radius 1 is 1.07 bits per heavy atom. The summed E-state index contributed by atoms with van der Waals surface area (Å²) in [6.45, 7) is 9.84. The largest absolute Gasteiger partial charge is 0.352 e. The van der Waals surface area contributed by atoms with Crippen molar-refractivity contribution in [2.24, 2.45) is 0 Å². The van der Waals surface area contributed by atoms with Gasteiger partial charge in [0, 0.05) is 30.1 Å². The second-order valence-electron chi connectivity index (χ2n) is 7.37. The molecule has 0 spiro atoms. The lowest BCUT2D eigenvalue weighted by atomic mass is 9.89. The predicted octanol–water partition coefficient (Wildman–Crippen LogP) is 4.38. The van der Waals surface area contributed by atoms with Gasteiger partial charge in [0.2, 0.25) is 0 Å². The smallest absolute Gasteiger partial charge is 0.271 e. The molecule has 0 saturated carbocycles. The minimum absolute atomic E-state index is 0.0810. The van der Waals surface area contributed by atoms with Gasteiger partial charge in [-0.2, -0.15) is 5.26 Å². The van der Waals surface area contributed by atoms with Crippen LogP contribution < -0.4 is 0 Å². The van der Waals surface area contributed by atoms with Crippen LogP contribution >= 0.6 is 0 Å². The van der Waals surface area contributed by atoms with Gasteiger partial charge in [-0.3, -0.25) is 14.5 Å². The van der Waals surface area contributed by atoms with Crippen LogP contribution in [0.4, 0.5) is 0 Å². The summed E-state index contributed by atoms with van der Waals surface area (Å²) in [5.41, 5.74) is 2.03. The van der Waals surface area contributed by atoms with Crippen LogP contribution in [0.15, 0.2) is 59.0 Å². The maximum Gasteiger partial charge on any atom is 0.271 e. The Bertz CT molecular complexity index is 818. The molecule has 5 heteroatoms. The van der Waals surface area contributed by atoms with E-state index in [2.05, 4.69) is 18.7 Å². The highest BCUT2D eigenvalue weighted by Gasteiger charge is 2.37. The van der Waals surface area contributed by atoms with Gasteiger partial charge >= 0.3 is 0 Å². The van der Waals surface area contributed by atoms with Gasteiger partial charge in [0.1, 0.15) is 11.6 Å². The van der Waals surface area contributed by atoms with Crippen LogP contribution in [0.5, 0.6) is 0 Å². The van der Waals surface area contributed by atoms with E-state index in [0.29, 0.717) is 23.6 Å². The van der Waals surface area contributed by atoms with Gasteiger partial charge in [-0.05, 0) is 63.0 Å². The van der Waals surface area contributed by atoms with Crippen molar-refractivity contribution in [1.29, 1.82) is 5.26 Å². The van der Waals surface area contributed by atoms with Crippen molar-refractivity contribution < 1.29 is 9.59 Å². The van der Waals surface area contributed by atoms with Crippen LogP contribution in [0.2, 0.25) is 0 Å². The summed E-state index contributed by atoms with van der Waals surface area (Å²) >= 11 is 0. The van der Waals surface area contributed by atoms with Gasteiger partial charge in [-0.25, -0.2) is 0 Å². The molecule has 0 aromatic carbocycles. The van der Waals surface area contributed by atoms with Gasteiger partial charge < -0.3 is 4.90 Å². The SMILES string of the molecule is CCCC1=C(C#N)C(=O)N(C(C)C)C(=O)/C1=C\C=C1C=CN(C(C)CC)C=C1. The molecule has 148 valence electrons. The molecule has 1 atom stereocenters. The number of hydrogen-bond acceptors (Lipinski definition) is 4. The average Bonchev–Trinajstić information content (AvgIpc) is 2.67. The van der Waals surface area contributed by atoms with Gasteiger partial charge in [-0.1, -0.05) is 26.3 Å². The van der Waals surface area contributed by atoms with Crippen LogP contribution in [0.3, 0.4) is 0 Å². The minimum Gasteiger partial charge on any atom is -0.352 e. The zero-order valence-corrected chi connectivity index (χ0v) is 17.4. The van der Waals surface area contributed by atoms with E-state index >= 15 is 0 Å². The summed E-state index contributed by atoms with van der Waals surface area (Å²) in [5.74, 6) is -0.818. The summed E-state index contributed by atoms with van der Waals surface area (Å²) in [6.07, 6.45) is 14.0. The molecule has 1 unspecified atom stereocenters. The minimum atomic E-state index is -0.489. The number of carbonyl (C=O) groups excluding carboxylic acids is 2. The molecule has 2 amide bonds. The molecule has 0 radical (unpaired) electrons. The molecule has 28 heavy (non-hydrogen) atoms. The quantitative estimate of drug-likeness (QED) is 0.507. The summed E-state index contributed by atoms with van der Waals surface area (Å²) in [4.78, 5) is 28.9. The van der Waals surface area contributed by atoms with E-state index in [1.54, 1.807) is 19.9 Å². The van der Waals surface area contributed by atoms with E-state index in [-0.39, 0.29) is 17.5 Å². The average molecular weight is 380 g/mol. The Kier molecular flexibility index (Phi) is 7.17. The molecule has 0 saturated heterocycles. The van der Waals surface area contributed by atoms with E-state index in [1.165, 1.54) is 4.90 Å². The monoisotopic (exact) mass is 379 g/mol. The summed E-state index contributed by atoms with van der Waals surface area (Å²) < 4.78 is 0. The van der Waals surface area contributed by atoms with E-state index in [9.17, 15) is 14.9 Å². The molecule has 2 aliphatic heterocycles. The molecule has 0 aromatic rings. The first-order valence-corrected chi connectivity index (χ1v) is 9.92. The lowest BCUT2D eigenvalue weighted by Gasteiger charge is -2.31. The zero-order chi connectivity index (χ0) is 20.8. The number of hydrogen-bond donors (Lipinski definition) is 0. The predicted molar refractivity (Wildman–Crippen MR) is 111 cm³/mol. The molecule has 0 fully saturated rings. The van der Waals surface area contributed by atoms with Crippen molar-refractivity contribution in [3.63, 3.8) is 0 Å². The topological polar surface area (TPSA) is 64.4 Å². The van der Waals surface area contributed by atoms with Crippen LogP contribution in [-0.2, 0) is 9.59 Å². The van der Waals surface area contributed by atoms with Crippen LogP contribution in [0.1, 0.15) is 53.9 Å². The van der Waals surface area contributed by atoms with Crippen LogP contribution in [0, 0.1) is 11.3 Å². The molecule has 2 rings (SSSR count). The molecule has 0 N–H and O–H groups in total. The number of carbonyl (C=O) groups is 2. The Morgan fingerprint density at radius 2 is 1.71 bits per heavy atom. The van der Waals surface area contributed by atoms with Crippen molar-refractivity contribution in [1.82, 2.24) is 9.80 Å². The lowest BCUT2D eigenvalue weighted by Crippen LogP contribution is -2.46. The molecule has 5 nitrogen and oxygen atoms in total. The summed E-state index contributed by atoms with van der Waals surface area (Å²) in [6, 6.07) is 2.15. The molecule has 0 bridgehead atoms. The Balaban J connectivity index is 2.45. The highest BCUT2D eigenvalue weighted by Crippen LogP contribution is 2.30. The Hall–Kier alpha value is -2.87. The van der Waals surface area contributed by atoms with Gasteiger partial charge in [0.25, 0.3) is 11.8 Å². The molecular formula is C23H29N3O2. The van der Waals surface area contributed by atoms with E-state index < -0.39 is 5.91 Å². The number of rotatable bonds is 6. The first kappa shape index (κ1) is 21.4. The van der Waals surface area contributed by atoms with Gasteiger partial charge in [0.05, 0.1) is 0 Å². The zero-order valence-electron chi connectivity index (χ0n) is 17.4. The fourth-order valence-corrected chi connectivity index (χ4v) is 3.25. The number of amides is 2. The number of nitrogens with zero attached hydrogens (tertiary/aromatic N) is 3. The van der Waals surface area contributed by atoms with Crippen molar-refractivity contribution in [3.05, 3.63) is 59.0 Å². The maximum atomic E-state index is 13.0. The fourth-order valence-electron chi connectivity index (χ4n) is 3.25. The van der Waals surface area contributed by atoms with Crippen molar-refractivity contribution in [3.8, 4) is 6.07 Å². The molecule has 0 aromatic heterocycles. The summed E-state index contributed by atoms with van der Waals surface area (Å²) in [7, 11) is 0. The first-order valence-electron chi connectivity index (χ1n) is 9.92. The van der Waals surface area contributed by atoms with E-state index in [1.807, 2.05) is 43.6 Å². The van der Waals surface area contributed by atoms with Crippen molar-refractivity contribution in [2.75, 3.05) is 0 Å². The van der Waals surface area contributed by atoms with Crippen LogP contribution in [0.25, 0.3) is 0 Å². The molecular weight excluding hydrogens is 350 g/mol. The third-order valence-corrected chi connectivity index (χ3v) is 5.06. The van der Waals surface area contributed by atoms with Crippen LogP contribution in [-0.4, -0.2) is 33.7 Å². The third kappa shape index (κ3) is 4.33. The Labute approximate surface area is 168 Å². The number of imide groups is 1. The molecule has 0 aliphatic carbocycles. The second-order valence-corrected chi connectivity index (χ2v) is 7.37. The summed E-state index contributed by atoms with van der Waals surface area (Å²) in [5, 5.41) is 9.55. The fraction of sp³-hybridized carbons (Fsp3) is 0.435. The molecule has 2 heterocycles. The van der Waals surface area contributed by atoms with Crippen molar-refractivity contribution in [2.45, 2.75) is 66.0 Å². The number of allylic oxidation sites excluding steroid dienone is 5. The third-order valence-electron chi connectivity index (χ3n) is 5.06. The maximum absolute atomic E-state index is 13.0. The van der Waals surface area contributed by atoms with E-state index in [0.717, 1.165) is 18.4 Å². The first-order chi connectivity index (χ1) is 13.3. The lowest BCUT2D eigenvalue weighted by molar-refractivity contribution is -0.142. The van der Waals surface area contributed by atoms with Gasteiger partial charge in [0.15, 0.2) is 0 Å².